The van der Waals surface area contributed by atoms with Gasteiger partial charge in [-0.1, -0.05) is 152 Å². The Morgan fingerprint density at radius 1 is 0.284 bits per heavy atom. The molecule has 0 aliphatic heterocycles. The van der Waals surface area contributed by atoms with E-state index in [1.54, 1.807) is 0 Å². The molecule has 0 amide bonds. The Labute approximate surface area is 423 Å². The van der Waals surface area contributed by atoms with E-state index in [0.29, 0.717) is 39.3 Å². The first-order chi connectivity index (χ1) is 36.6. The van der Waals surface area contributed by atoms with Crippen molar-refractivity contribution < 1.29 is 0 Å². The SMILES string of the molecule is N#Cc1ccc(-c2c(-n3c4ccccc4c4ccccc43)c(C#N)c(-n3c4ccc(-n5c6ccccc6c6ccccc65)cc4c4c5ccccc5ccc43)c(C#N)c2-n2c3ccccc3c3ccccc32)cc1. The van der Waals surface area contributed by atoms with Crippen molar-refractivity contribution in [1.29, 1.82) is 15.8 Å². The Balaban J connectivity index is 1.19. The third-order valence-corrected chi connectivity index (χ3v) is 15.3. The summed E-state index contributed by atoms with van der Waals surface area (Å²) in [7, 11) is 0. The molecule has 0 aliphatic rings. The van der Waals surface area contributed by atoms with Gasteiger partial charge in [-0.15, -0.1) is 0 Å². The molecule has 0 saturated carbocycles. The number of aromatic nitrogens is 4. The minimum absolute atomic E-state index is 0.329. The van der Waals surface area contributed by atoms with Crippen molar-refractivity contribution in [2.24, 2.45) is 0 Å². The number of nitriles is 3. The molecule has 0 fully saturated rings. The fourth-order valence-corrected chi connectivity index (χ4v) is 12.3. The molecule has 74 heavy (non-hydrogen) atoms. The van der Waals surface area contributed by atoms with Gasteiger partial charge in [0, 0.05) is 54.3 Å². The summed E-state index contributed by atoms with van der Waals surface area (Å²) in [6, 6.07) is 85.3. The van der Waals surface area contributed by atoms with Crippen LogP contribution in [-0.4, -0.2) is 18.3 Å². The zero-order valence-electron chi connectivity index (χ0n) is 39.5. The van der Waals surface area contributed by atoms with Crippen molar-refractivity contribution in [3.8, 4) is 52.1 Å². The lowest BCUT2D eigenvalue weighted by molar-refractivity contribution is 1.08. The summed E-state index contributed by atoms with van der Waals surface area (Å²) in [6.45, 7) is 0. The van der Waals surface area contributed by atoms with Crippen LogP contribution in [0.4, 0.5) is 0 Å². The topological polar surface area (TPSA) is 91.1 Å². The van der Waals surface area contributed by atoms with E-state index in [9.17, 15) is 15.8 Å². The molecule has 0 unspecified atom stereocenters. The van der Waals surface area contributed by atoms with E-state index in [-0.39, 0.29) is 0 Å². The monoisotopic (exact) mass is 939 g/mol. The quantitative estimate of drug-likeness (QED) is 0.172. The van der Waals surface area contributed by atoms with Gasteiger partial charge in [-0.05, 0) is 89.1 Å². The van der Waals surface area contributed by atoms with Gasteiger partial charge in [-0.3, -0.25) is 0 Å². The standard InChI is InChI=1S/C67H37N7/c68-38-41-29-31-43(32-30-41)63-66(72-57-25-11-5-19-48(57)49-20-6-12-26-58(49)72)53(39-69)65(54(40-70)67(63)73-59-27-13-7-21-50(59)51-22-8-14-28-60(51)73)74-61-36-34-44(37-52(61)64-45-16-2-1-15-42(45)33-35-62(64)74)71-55-23-9-3-17-46(55)47-18-4-10-24-56(47)71/h1-37H. The normalized spacial score (nSPS) is 11.7. The molecule has 340 valence electrons. The van der Waals surface area contributed by atoms with Crippen molar-refractivity contribution in [2.45, 2.75) is 0 Å². The van der Waals surface area contributed by atoms with Crippen LogP contribution in [0.15, 0.2) is 224 Å². The number of nitrogens with zero attached hydrogens (tertiary/aromatic N) is 7. The average molecular weight is 940 g/mol. The maximum Gasteiger partial charge on any atom is 0.104 e. The molecule has 4 aromatic heterocycles. The van der Waals surface area contributed by atoms with Gasteiger partial charge in [0.05, 0.1) is 72.8 Å². The van der Waals surface area contributed by atoms with E-state index in [4.69, 9.17) is 0 Å². The molecule has 0 N–H and O–H groups in total. The van der Waals surface area contributed by atoms with Crippen LogP contribution in [0.3, 0.4) is 0 Å². The fraction of sp³-hybridized carbons (Fsp3) is 0. The van der Waals surface area contributed by atoms with Gasteiger partial charge in [0.15, 0.2) is 0 Å². The van der Waals surface area contributed by atoms with Gasteiger partial charge in [0.25, 0.3) is 0 Å². The number of hydrogen-bond donors (Lipinski definition) is 0. The Hall–Kier alpha value is -10.7. The zero-order chi connectivity index (χ0) is 49.2. The summed E-state index contributed by atoms with van der Waals surface area (Å²) in [4.78, 5) is 0. The van der Waals surface area contributed by atoms with Crippen LogP contribution in [0, 0.1) is 34.0 Å². The number of hydrogen-bond acceptors (Lipinski definition) is 3. The van der Waals surface area contributed by atoms with Gasteiger partial charge >= 0.3 is 0 Å². The first-order valence-electron chi connectivity index (χ1n) is 24.6. The average Bonchev–Trinajstić information content (AvgIpc) is 4.22. The van der Waals surface area contributed by atoms with E-state index in [0.717, 1.165) is 98.5 Å². The second-order valence-corrected chi connectivity index (χ2v) is 18.9. The molecule has 0 aliphatic carbocycles. The predicted octanol–water partition coefficient (Wildman–Crippen LogP) is 16.5. The molecule has 0 radical (unpaired) electrons. The summed E-state index contributed by atoms with van der Waals surface area (Å²) >= 11 is 0. The van der Waals surface area contributed by atoms with Crippen LogP contribution in [0.2, 0.25) is 0 Å². The van der Waals surface area contributed by atoms with E-state index in [2.05, 4.69) is 212 Å². The van der Waals surface area contributed by atoms with Crippen LogP contribution < -0.4 is 0 Å². The lowest BCUT2D eigenvalue weighted by Gasteiger charge is -2.26. The highest BCUT2D eigenvalue weighted by molar-refractivity contribution is 6.23. The molecule has 0 saturated heterocycles. The Morgan fingerprint density at radius 2 is 0.662 bits per heavy atom. The van der Waals surface area contributed by atoms with E-state index < -0.39 is 0 Å². The van der Waals surface area contributed by atoms with Crippen molar-refractivity contribution in [3.63, 3.8) is 0 Å². The summed E-state index contributed by atoms with van der Waals surface area (Å²) in [6.07, 6.45) is 0. The third kappa shape index (κ3) is 5.57. The lowest BCUT2D eigenvalue weighted by Crippen LogP contribution is -2.14. The molecular formula is C67H37N7. The third-order valence-electron chi connectivity index (χ3n) is 15.3. The molecule has 4 heterocycles. The molecule has 0 bridgehead atoms. The summed E-state index contributed by atoms with van der Waals surface area (Å²) < 4.78 is 8.97. The molecule has 7 nitrogen and oxygen atoms in total. The van der Waals surface area contributed by atoms with E-state index in [1.165, 1.54) is 10.8 Å². The first kappa shape index (κ1) is 41.2. The summed E-state index contributed by atoms with van der Waals surface area (Å²) in [5, 5.41) is 45.4. The molecule has 15 rings (SSSR count). The molecule has 0 atom stereocenters. The summed E-state index contributed by atoms with van der Waals surface area (Å²) in [5.74, 6) is 0. The second-order valence-electron chi connectivity index (χ2n) is 18.9. The molecule has 11 aromatic carbocycles. The van der Waals surface area contributed by atoms with Crippen LogP contribution in [0.25, 0.3) is 132 Å². The van der Waals surface area contributed by atoms with Gasteiger partial charge in [0.1, 0.15) is 23.3 Å². The maximum absolute atomic E-state index is 12.3. The van der Waals surface area contributed by atoms with Gasteiger partial charge < -0.3 is 18.3 Å². The van der Waals surface area contributed by atoms with Crippen molar-refractivity contribution in [1.82, 2.24) is 18.3 Å². The van der Waals surface area contributed by atoms with Crippen LogP contribution >= 0.6 is 0 Å². The van der Waals surface area contributed by atoms with Gasteiger partial charge in [-0.25, -0.2) is 0 Å². The zero-order valence-corrected chi connectivity index (χ0v) is 39.5. The molecular weight excluding hydrogens is 903 g/mol. The predicted molar refractivity (Wildman–Crippen MR) is 301 cm³/mol. The largest absolute Gasteiger partial charge is 0.309 e. The number of benzene rings is 11. The molecule has 15 aromatic rings. The van der Waals surface area contributed by atoms with Crippen LogP contribution in [0.5, 0.6) is 0 Å². The summed E-state index contributed by atoms with van der Waals surface area (Å²) in [5.41, 5.74) is 12.9. The minimum atomic E-state index is 0.329. The number of rotatable bonds is 5. The number of para-hydroxylation sites is 6. The van der Waals surface area contributed by atoms with Crippen molar-refractivity contribution in [2.75, 3.05) is 0 Å². The van der Waals surface area contributed by atoms with E-state index in [1.807, 2.05) is 48.5 Å². The van der Waals surface area contributed by atoms with Crippen LogP contribution in [-0.2, 0) is 0 Å². The minimum Gasteiger partial charge on any atom is -0.309 e. The highest BCUT2D eigenvalue weighted by Crippen LogP contribution is 2.50. The fourth-order valence-electron chi connectivity index (χ4n) is 12.3. The Kier molecular flexibility index (Phi) is 8.72. The van der Waals surface area contributed by atoms with Crippen molar-refractivity contribution in [3.05, 3.63) is 241 Å². The maximum atomic E-state index is 12.3. The smallest absolute Gasteiger partial charge is 0.104 e. The molecule has 0 spiro atoms. The first-order valence-corrected chi connectivity index (χ1v) is 24.6. The molecule has 7 heteroatoms. The highest BCUT2D eigenvalue weighted by atomic mass is 15.1. The highest BCUT2D eigenvalue weighted by Gasteiger charge is 2.33. The van der Waals surface area contributed by atoms with Gasteiger partial charge in [-0.2, -0.15) is 15.8 Å². The van der Waals surface area contributed by atoms with Gasteiger partial charge in [0.2, 0.25) is 0 Å². The Bertz CT molecular complexity index is 4740. The number of fused-ring (bicyclic) bond motifs is 14. The van der Waals surface area contributed by atoms with Crippen LogP contribution in [0.1, 0.15) is 16.7 Å². The second kappa shape index (κ2) is 15.7. The van der Waals surface area contributed by atoms with Crippen molar-refractivity contribution >= 4 is 98.0 Å². The lowest BCUT2D eigenvalue weighted by atomic mass is 9.91. The van der Waals surface area contributed by atoms with E-state index >= 15 is 0 Å². The Morgan fingerprint density at radius 3 is 1.11 bits per heavy atom.